The molecule has 0 radical (unpaired) electrons. The third-order valence-electron chi connectivity index (χ3n) is 2.52. The Morgan fingerprint density at radius 2 is 1.80 bits per heavy atom. The molecule has 0 N–H and O–H groups in total. The van der Waals surface area contributed by atoms with Gasteiger partial charge in [0, 0.05) is 0 Å². The summed E-state index contributed by atoms with van der Waals surface area (Å²) in [6, 6.07) is 0. The van der Waals surface area contributed by atoms with Crippen LogP contribution in [-0.2, 0) is 9.53 Å². The fourth-order valence-electron chi connectivity index (χ4n) is 1.57. The molecule has 0 saturated heterocycles. The van der Waals surface area contributed by atoms with Crippen molar-refractivity contribution in [3.05, 3.63) is 0 Å². The van der Waals surface area contributed by atoms with E-state index in [0.29, 0.717) is 6.61 Å². The van der Waals surface area contributed by atoms with Crippen LogP contribution in [0.4, 0.5) is 0 Å². The number of hydrogen-bond donors (Lipinski definition) is 0. The molecule has 1 unspecified atom stereocenters. The molecule has 1 atom stereocenters. The molecule has 0 aliphatic carbocycles. The Labute approximate surface area is 105 Å². The van der Waals surface area contributed by atoms with Crippen molar-refractivity contribution in [3.63, 3.8) is 0 Å². The fraction of sp³-hybridized carbons (Fsp3) is 0.917. The van der Waals surface area contributed by atoms with Gasteiger partial charge in [-0.2, -0.15) is 0 Å². The Kier molecular flexibility index (Phi) is 14.0. The molecular weight excluding hydrogens is 203 g/mol. The maximum atomic E-state index is 11.4. The van der Waals surface area contributed by atoms with E-state index in [4.69, 9.17) is 4.74 Å². The third-order valence-corrected chi connectivity index (χ3v) is 2.52. The summed E-state index contributed by atoms with van der Waals surface area (Å²) in [4.78, 5) is 11.4. The maximum absolute atomic E-state index is 11.4. The molecule has 0 aromatic rings. The van der Waals surface area contributed by atoms with Gasteiger partial charge in [-0.3, -0.25) is 4.79 Å². The van der Waals surface area contributed by atoms with Crippen molar-refractivity contribution in [2.24, 2.45) is 5.92 Å². The second kappa shape index (κ2) is 12.1. The van der Waals surface area contributed by atoms with E-state index in [0.717, 1.165) is 19.3 Å². The van der Waals surface area contributed by atoms with Gasteiger partial charge >= 0.3 is 5.97 Å². The number of esters is 1. The van der Waals surface area contributed by atoms with Crippen LogP contribution in [0.1, 0.15) is 59.3 Å². The van der Waals surface area contributed by atoms with Crippen molar-refractivity contribution in [3.8, 4) is 0 Å². The smallest absolute Gasteiger partial charge is 0.308 e. The summed E-state index contributed by atoms with van der Waals surface area (Å²) in [5, 5.41) is 0. The molecule has 0 aromatic carbocycles. The van der Waals surface area contributed by atoms with E-state index in [-0.39, 0.29) is 29.2 Å². The van der Waals surface area contributed by atoms with E-state index in [9.17, 15) is 4.79 Å². The minimum absolute atomic E-state index is 0. The molecule has 0 saturated carbocycles. The predicted molar refractivity (Wildman–Crippen MR) is 69.1 cm³/mol. The van der Waals surface area contributed by atoms with Gasteiger partial charge in [0.1, 0.15) is 0 Å². The zero-order valence-electron chi connectivity index (χ0n) is 9.84. The number of unbranched alkanes of at least 4 members (excludes halogenated alkanes) is 3. The lowest BCUT2D eigenvalue weighted by Gasteiger charge is -2.12. The first-order chi connectivity index (χ1) is 6.76. The van der Waals surface area contributed by atoms with Crippen LogP contribution in [0.3, 0.4) is 0 Å². The molecular formula is C12H27AlO2. The van der Waals surface area contributed by atoms with Gasteiger partial charge in [-0.25, -0.2) is 0 Å². The highest BCUT2D eigenvalue weighted by Gasteiger charge is 2.16. The first-order valence-electron chi connectivity index (χ1n) is 5.92. The molecule has 0 aliphatic rings. The zero-order valence-corrected chi connectivity index (χ0v) is 9.84. The molecule has 0 heterocycles. The molecule has 0 spiro atoms. The van der Waals surface area contributed by atoms with Gasteiger partial charge < -0.3 is 4.74 Å². The van der Waals surface area contributed by atoms with E-state index in [1.165, 1.54) is 19.3 Å². The summed E-state index contributed by atoms with van der Waals surface area (Å²) in [5.41, 5.74) is 0. The molecule has 90 valence electrons. The highest BCUT2D eigenvalue weighted by molar-refractivity contribution is 5.75. The lowest BCUT2D eigenvalue weighted by molar-refractivity contribution is -0.148. The number of carbonyl (C=O) groups excluding carboxylic acids is 1. The Balaban J connectivity index is 0. The summed E-state index contributed by atoms with van der Waals surface area (Å²) in [5.74, 6) is 0.123. The quantitative estimate of drug-likeness (QED) is 0.363. The molecule has 0 amide bonds. The van der Waals surface area contributed by atoms with Crippen molar-refractivity contribution < 1.29 is 9.53 Å². The maximum Gasteiger partial charge on any atom is 0.308 e. The van der Waals surface area contributed by atoms with Crippen molar-refractivity contribution >= 4 is 23.3 Å². The van der Waals surface area contributed by atoms with Crippen molar-refractivity contribution in [2.75, 3.05) is 6.61 Å². The van der Waals surface area contributed by atoms with Crippen LogP contribution >= 0.6 is 0 Å². The predicted octanol–water partition coefficient (Wildman–Crippen LogP) is 2.36. The van der Waals surface area contributed by atoms with Crippen molar-refractivity contribution in [1.82, 2.24) is 0 Å². The summed E-state index contributed by atoms with van der Waals surface area (Å²) < 4.78 is 5.01. The Morgan fingerprint density at radius 1 is 1.13 bits per heavy atom. The number of rotatable bonds is 8. The standard InChI is InChI=1S/C12H24O2.Al.3H/c1-4-7-8-9-10-11(5-2)12(13)14-6-3;;;;/h11H,4-10H2,1-3H3;;;;. The summed E-state index contributed by atoms with van der Waals surface area (Å²) in [6.07, 6.45) is 6.83. The van der Waals surface area contributed by atoms with Crippen LogP contribution in [-0.4, -0.2) is 29.9 Å². The summed E-state index contributed by atoms with van der Waals surface area (Å²) in [6.45, 7) is 6.62. The number of ether oxygens (including phenoxy) is 1. The van der Waals surface area contributed by atoms with Crippen molar-refractivity contribution in [2.45, 2.75) is 59.3 Å². The Bertz CT molecular complexity index is 149. The zero-order chi connectivity index (χ0) is 10.8. The van der Waals surface area contributed by atoms with E-state index in [1.807, 2.05) is 6.92 Å². The lowest BCUT2D eigenvalue weighted by atomic mass is 9.98. The minimum Gasteiger partial charge on any atom is -0.466 e. The molecule has 0 fully saturated rings. The second-order valence-corrected chi connectivity index (χ2v) is 3.71. The first-order valence-corrected chi connectivity index (χ1v) is 5.92. The Morgan fingerprint density at radius 3 is 2.27 bits per heavy atom. The van der Waals surface area contributed by atoms with Gasteiger partial charge in [0.25, 0.3) is 0 Å². The van der Waals surface area contributed by atoms with Gasteiger partial charge in [0.2, 0.25) is 0 Å². The summed E-state index contributed by atoms with van der Waals surface area (Å²) >= 11 is 0. The number of hydrogen-bond acceptors (Lipinski definition) is 2. The molecule has 15 heavy (non-hydrogen) atoms. The van der Waals surface area contributed by atoms with E-state index < -0.39 is 0 Å². The highest BCUT2D eigenvalue weighted by Crippen LogP contribution is 2.15. The van der Waals surface area contributed by atoms with Crippen LogP contribution in [0.15, 0.2) is 0 Å². The molecule has 0 rings (SSSR count). The average molecular weight is 230 g/mol. The highest BCUT2D eigenvalue weighted by atomic mass is 27.0. The van der Waals surface area contributed by atoms with Gasteiger partial charge in [-0.15, -0.1) is 0 Å². The molecule has 0 aromatic heterocycles. The molecule has 0 aliphatic heterocycles. The monoisotopic (exact) mass is 230 g/mol. The van der Waals surface area contributed by atoms with Gasteiger partial charge in [0.15, 0.2) is 17.4 Å². The second-order valence-electron chi connectivity index (χ2n) is 3.71. The van der Waals surface area contributed by atoms with E-state index >= 15 is 0 Å². The molecule has 2 nitrogen and oxygen atoms in total. The van der Waals surface area contributed by atoms with Crippen LogP contribution in [0, 0.1) is 5.92 Å². The molecule has 0 bridgehead atoms. The van der Waals surface area contributed by atoms with Gasteiger partial charge in [-0.05, 0) is 19.8 Å². The fourth-order valence-corrected chi connectivity index (χ4v) is 1.57. The summed E-state index contributed by atoms with van der Waals surface area (Å²) in [7, 11) is 0. The van der Waals surface area contributed by atoms with Crippen LogP contribution in [0.5, 0.6) is 0 Å². The average Bonchev–Trinajstić information content (AvgIpc) is 2.18. The lowest BCUT2D eigenvalue weighted by Crippen LogP contribution is -2.16. The first kappa shape index (κ1) is 17.4. The van der Waals surface area contributed by atoms with E-state index in [1.54, 1.807) is 0 Å². The van der Waals surface area contributed by atoms with Crippen LogP contribution < -0.4 is 0 Å². The third kappa shape index (κ3) is 8.96. The SMILES string of the molecule is CCCCCCC(CC)C(=O)OCC.[AlH3]. The normalized spacial score (nSPS) is 11.7. The largest absolute Gasteiger partial charge is 0.466 e. The molecule has 3 heteroatoms. The number of carbonyl (C=O) groups is 1. The van der Waals surface area contributed by atoms with Crippen molar-refractivity contribution in [1.29, 1.82) is 0 Å². The van der Waals surface area contributed by atoms with E-state index in [2.05, 4.69) is 13.8 Å². The van der Waals surface area contributed by atoms with Crippen LogP contribution in [0.2, 0.25) is 0 Å². The van der Waals surface area contributed by atoms with Gasteiger partial charge in [0.05, 0.1) is 12.5 Å². The van der Waals surface area contributed by atoms with Gasteiger partial charge in [-0.1, -0.05) is 39.5 Å². The minimum atomic E-state index is -0.00787. The Hall–Kier alpha value is 0.00247. The topological polar surface area (TPSA) is 26.3 Å². The van der Waals surface area contributed by atoms with Crippen LogP contribution in [0.25, 0.3) is 0 Å².